The van der Waals surface area contributed by atoms with Gasteiger partial charge in [-0.05, 0) is 24.6 Å². The van der Waals surface area contributed by atoms with E-state index in [9.17, 15) is 4.79 Å². The molecule has 1 heterocycles. The summed E-state index contributed by atoms with van der Waals surface area (Å²) in [5, 5.41) is 0. The van der Waals surface area contributed by atoms with Gasteiger partial charge in [0.15, 0.2) is 5.78 Å². The number of ketones is 1. The first-order valence-electron chi connectivity index (χ1n) is 6.65. The summed E-state index contributed by atoms with van der Waals surface area (Å²) in [5.74, 6) is 0.903. The number of carbonyl (C=O) groups is 1. The van der Waals surface area contributed by atoms with Crippen molar-refractivity contribution in [3.8, 4) is 0 Å². The fraction of sp³-hybridized carbons (Fsp3) is 0.176. The van der Waals surface area contributed by atoms with E-state index >= 15 is 0 Å². The first kappa shape index (κ1) is 12.6. The van der Waals surface area contributed by atoms with Crippen LogP contribution in [0, 0.1) is 6.92 Å². The standard InChI is InChI=1S/C17H16N2O/c1-12-8-9-15-14(10-12)18-17(19(15)2)11-16(20)13-6-4-3-5-7-13/h3-10H,11H2,1-2H3. The summed E-state index contributed by atoms with van der Waals surface area (Å²) in [4.78, 5) is 16.8. The summed E-state index contributed by atoms with van der Waals surface area (Å²) >= 11 is 0. The summed E-state index contributed by atoms with van der Waals surface area (Å²) in [7, 11) is 1.96. The molecule has 0 saturated carbocycles. The van der Waals surface area contributed by atoms with Crippen molar-refractivity contribution in [2.24, 2.45) is 7.05 Å². The molecular formula is C17H16N2O. The number of hydrogen-bond acceptors (Lipinski definition) is 2. The molecule has 0 N–H and O–H groups in total. The fourth-order valence-corrected chi connectivity index (χ4v) is 2.39. The van der Waals surface area contributed by atoms with Crippen LogP contribution >= 0.6 is 0 Å². The van der Waals surface area contributed by atoms with Crippen molar-refractivity contribution in [2.75, 3.05) is 0 Å². The zero-order chi connectivity index (χ0) is 14.1. The summed E-state index contributed by atoms with van der Waals surface area (Å²) in [6, 6.07) is 15.5. The molecule has 0 aliphatic rings. The maximum Gasteiger partial charge on any atom is 0.170 e. The lowest BCUT2D eigenvalue weighted by atomic mass is 10.1. The van der Waals surface area contributed by atoms with Crippen molar-refractivity contribution in [3.63, 3.8) is 0 Å². The number of carbonyl (C=O) groups excluding carboxylic acids is 1. The van der Waals surface area contributed by atoms with Gasteiger partial charge in [-0.1, -0.05) is 36.4 Å². The average molecular weight is 264 g/mol. The lowest BCUT2D eigenvalue weighted by Crippen LogP contribution is -2.08. The highest BCUT2D eigenvalue weighted by molar-refractivity contribution is 5.97. The van der Waals surface area contributed by atoms with Gasteiger partial charge in [-0.2, -0.15) is 0 Å². The molecule has 1 aromatic heterocycles. The van der Waals surface area contributed by atoms with E-state index in [0.717, 1.165) is 22.4 Å². The van der Waals surface area contributed by atoms with Crippen LogP contribution in [0.3, 0.4) is 0 Å². The van der Waals surface area contributed by atoms with Crippen molar-refractivity contribution in [2.45, 2.75) is 13.3 Å². The Balaban J connectivity index is 1.95. The Bertz CT molecular complexity index is 772. The van der Waals surface area contributed by atoms with E-state index in [1.165, 1.54) is 5.56 Å². The van der Waals surface area contributed by atoms with Gasteiger partial charge < -0.3 is 4.57 Å². The van der Waals surface area contributed by atoms with Gasteiger partial charge in [-0.15, -0.1) is 0 Å². The highest BCUT2D eigenvalue weighted by atomic mass is 16.1. The number of nitrogens with zero attached hydrogens (tertiary/aromatic N) is 2. The smallest absolute Gasteiger partial charge is 0.170 e. The van der Waals surface area contributed by atoms with E-state index in [0.29, 0.717) is 6.42 Å². The minimum Gasteiger partial charge on any atom is -0.331 e. The van der Waals surface area contributed by atoms with Crippen LogP contribution in [-0.2, 0) is 13.5 Å². The van der Waals surface area contributed by atoms with Crippen LogP contribution in [0.1, 0.15) is 21.7 Å². The molecule has 0 fully saturated rings. The van der Waals surface area contributed by atoms with E-state index in [1.54, 1.807) is 0 Å². The number of rotatable bonds is 3. The molecule has 0 atom stereocenters. The molecule has 0 aliphatic carbocycles. The van der Waals surface area contributed by atoms with Crippen LogP contribution < -0.4 is 0 Å². The second-order valence-electron chi connectivity index (χ2n) is 5.05. The van der Waals surface area contributed by atoms with Gasteiger partial charge in [-0.25, -0.2) is 4.98 Å². The number of fused-ring (bicyclic) bond motifs is 1. The van der Waals surface area contributed by atoms with E-state index < -0.39 is 0 Å². The molecule has 0 spiro atoms. The van der Waals surface area contributed by atoms with Crippen LogP contribution in [0.2, 0.25) is 0 Å². The summed E-state index contributed by atoms with van der Waals surface area (Å²) in [6.45, 7) is 2.04. The molecule has 0 unspecified atom stereocenters. The zero-order valence-corrected chi connectivity index (χ0v) is 11.6. The maximum absolute atomic E-state index is 12.3. The van der Waals surface area contributed by atoms with Gasteiger partial charge in [0.05, 0.1) is 17.5 Å². The Morgan fingerprint density at radius 3 is 2.65 bits per heavy atom. The zero-order valence-electron chi connectivity index (χ0n) is 11.6. The predicted molar refractivity (Wildman–Crippen MR) is 79.9 cm³/mol. The van der Waals surface area contributed by atoms with Crippen molar-refractivity contribution >= 4 is 16.8 Å². The van der Waals surface area contributed by atoms with Crippen LogP contribution in [-0.4, -0.2) is 15.3 Å². The van der Waals surface area contributed by atoms with Gasteiger partial charge in [0.1, 0.15) is 5.82 Å². The Hall–Kier alpha value is -2.42. The van der Waals surface area contributed by atoms with Gasteiger partial charge in [0, 0.05) is 12.6 Å². The first-order valence-corrected chi connectivity index (χ1v) is 6.65. The normalized spacial score (nSPS) is 10.9. The minimum absolute atomic E-state index is 0.0979. The second kappa shape index (κ2) is 4.93. The Morgan fingerprint density at radius 1 is 1.15 bits per heavy atom. The van der Waals surface area contributed by atoms with Crippen molar-refractivity contribution in [3.05, 3.63) is 65.5 Å². The van der Waals surface area contributed by atoms with Gasteiger partial charge in [0.25, 0.3) is 0 Å². The molecule has 0 aliphatic heterocycles. The van der Waals surface area contributed by atoms with E-state index in [1.807, 2.05) is 61.0 Å². The Labute approximate surface area is 117 Å². The van der Waals surface area contributed by atoms with Gasteiger partial charge in [-0.3, -0.25) is 4.79 Å². The third kappa shape index (κ3) is 2.23. The van der Waals surface area contributed by atoms with Crippen LogP contribution in [0.15, 0.2) is 48.5 Å². The number of aromatic nitrogens is 2. The Morgan fingerprint density at radius 2 is 1.90 bits per heavy atom. The largest absolute Gasteiger partial charge is 0.331 e. The van der Waals surface area contributed by atoms with E-state index in [4.69, 9.17) is 0 Å². The molecule has 0 amide bonds. The summed E-state index contributed by atoms with van der Waals surface area (Å²) in [6.07, 6.45) is 0.328. The van der Waals surface area contributed by atoms with Crippen LogP contribution in [0.25, 0.3) is 11.0 Å². The topological polar surface area (TPSA) is 34.9 Å². The quantitative estimate of drug-likeness (QED) is 0.680. The van der Waals surface area contributed by atoms with Gasteiger partial charge >= 0.3 is 0 Å². The highest BCUT2D eigenvalue weighted by Gasteiger charge is 2.13. The fourth-order valence-electron chi connectivity index (χ4n) is 2.39. The number of hydrogen-bond donors (Lipinski definition) is 0. The SMILES string of the molecule is Cc1ccc2c(c1)nc(CC(=O)c1ccccc1)n2C. The molecule has 100 valence electrons. The molecule has 0 saturated heterocycles. The molecule has 3 heteroatoms. The van der Waals surface area contributed by atoms with Crippen molar-refractivity contribution in [1.29, 1.82) is 0 Å². The molecule has 3 aromatic rings. The molecule has 3 rings (SSSR count). The number of aryl methyl sites for hydroxylation is 2. The number of benzene rings is 2. The lowest BCUT2D eigenvalue weighted by molar-refractivity contribution is 0.0990. The van der Waals surface area contributed by atoms with Crippen LogP contribution in [0.5, 0.6) is 0 Å². The van der Waals surface area contributed by atoms with Crippen molar-refractivity contribution < 1.29 is 4.79 Å². The van der Waals surface area contributed by atoms with E-state index in [-0.39, 0.29) is 5.78 Å². The lowest BCUT2D eigenvalue weighted by Gasteiger charge is -2.02. The van der Waals surface area contributed by atoms with E-state index in [2.05, 4.69) is 11.1 Å². The third-order valence-corrected chi connectivity index (χ3v) is 3.54. The highest BCUT2D eigenvalue weighted by Crippen LogP contribution is 2.17. The van der Waals surface area contributed by atoms with Crippen LogP contribution in [0.4, 0.5) is 0 Å². The molecule has 0 radical (unpaired) electrons. The number of imidazole rings is 1. The van der Waals surface area contributed by atoms with Crippen molar-refractivity contribution in [1.82, 2.24) is 9.55 Å². The molecule has 2 aromatic carbocycles. The summed E-state index contributed by atoms with van der Waals surface area (Å²) in [5.41, 5.74) is 3.92. The second-order valence-corrected chi connectivity index (χ2v) is 5.05. The first-order chi connectivity index (χ1) is 9.65. The monoisotopic (exact) mass is 264 g/mol. The molecule has 20 heavy (non-hydrogen) atoms. The number of Topliss-reactive ketones (excluding diaryl/α,β-unsaturated/α-hetero) is 1. The molecular weight excluding hydrogens is 248 g/mol. The Kier molecular flexibility index (Phi) is 3.11. The third-order valence-electron chi connectivity index (χ3n) is 3.54. The predicted octanol–water partition coefficient (Wildman–Crippen LogP) is 3.31. The molecule has 3 nitrogen and oxygen atoms in total. The summed E-state index contributed by atoms with van der Waals surface area (Å²) < 4.78 is 2.00. The minimum atomic E-state index is 0.0979. The molecule has 0 bridgehead atoms. The maximum atomic E-state index is 12.3. The average Bonchev–Trinajstić information content (AvgIpc) is 2.75. The van der Waals surface area contributed by atoms with Gasteiger partial charge in [0.2, 0.25) is 0 Å².